The molecule has 0 heterocycles. The number of nitrogens with one attached hydrogen (secondary N) is 1. The molecule has 186 valence electrons. The highest BCUT2D eigenvalue weighted by Crippen LogP contribution is 2.22. The summed E-state index contributed by atoms with van der Waals surface area (Å²) in [6.07, 6.45) is 2.41. The van der Waals surface area contributed by atoms with Gasteiger partial charge in [0.25, 0.3) is 0 Å². The molecule has 0 saturated heterocycles. The first kappa shape index (κ1) is 27.4. The molecule has 7 nitrogen and oxygen atoms in total. The van der Waals surface area contributed by atoms with Crippen LogP contribution in [0.5, 0.6) is 0 Å². The fourth-order valence-electron chi connectivity index (χ4n) is 3.53. The number of hydrogen-bond acceptors (Lipinski definition) is 4. The number of sulfonamides is 1. The van der Waals surface area contributed by atoms with Gasteiger partial charge in [0.1, 0.15) is 12.6 Å². The van der Waals surface area contributed by atoms with Gasteiger partial charge in [0.05, 0.1) is 11.9 Å². The Kier molecular flexibility index (Phi) is 9.67. The molecule has 0 saturated carbocycles. The summed E-state index contributed by atoms with van der Waals surface area (Å²) in [6, 6.07) is 14.2. The minimum Gasteiger partial charge on any atom is -0.352 e. The van der Waals surface area contributed by atoms with Crippen LogP contribution in [0.1, 0.15) is 43.9 Å². The molecule has 2 atom stereocenters. The number of aryl methyl sites for hydroxylation is 2. The number of benzene rings is 2. The minimum atomic E-state index is -3.73. The number of hydrogen-bond donors (Lipinski definition) is 1. The predicted molar refractivity (Wildman–Crippen MR) is 137 cm³/mol. The maximum Gasteiger partial charge on any atom is 0.244 e. The standard InChI is InChI=1S/C26H37N3O4S/c1-7-21(4)27-26(31)22(5)28(16-15-23-11-9-8-10-12-23)25(30)18-29(34(6,32)33)24-14-13-19(2)20(3)17-24/h8-14,17,21-22H,7,15-16,18H2,1-6H3,(H,27,31)/t21-,22-/m1/s1. The zero-order valence-electron chi connectivity index (χ0n) is 21.0. The van der Waals surface area contributed by atoms with Crippen molar-refractivity contribution in [2.24, 2.45) is 0 Å². The van der Waals surface area contributed by atoms with Crippen molar-refractivity contribution in [3.05, 3.63) is 65.2 Å². The number of carbonyl (C=O) groups is 2. The van der Waals surface area contributed by atoms with Gasteiger partial charge in [-0.2, -0.15) is 0 Å². The van der Waals surface area contributed by atoms with Crippen LogP contribution in [-0.2, 0) is 26.0 Å². The molecule has 1 N–H and O–H groups in total. The quantitative estimate of drug-likeness (QED) is 0.526. The van der Waals surface area contributed by atoms with E-state index >= 15 is 0 Å². The van der Waals surface area contributed by atoms with Crippen molar-refractivity contribution in [2.75, 3.05) is 23.7 Å². The monoisotopic (exact) mass is 487 g/mol. The Labute approximate surface area is 204 Å². The highest BCUT2D eigenvalue weighted by molar-refractivity contribution is 7.92. The Morgan fingerprint density at radius 2 is 1.65 bits per heavy atom. The van der Waals surface area contributed by atoms with Gasteiger partial charge in [-0.05, 0) is 69.4 Å². The van der Waals surface area contributed by atoms with Crippen LogP contribution in [0.3, 0.4) is 0 Å². The molecule has 2 aromatic carbocycles. The van der Waals surface area contributed by atoms with Crippen LogP contribution in [0.4, 0.5) is 5.69 Å². The van der Waals surface area contributed by atoms with Crippen molar-refractivity contribution in [1.29, 1.82) is 0 Å². The second-order valence-corrected chi connectivity index (χ2v) is 10.8. The lowest BCUT2D eigenvalue weighted by molar-refractivity contribution is -0.139. The third-order valence-corrected chi connectivity index (χ3v) is 7.25. The van der Waals surface area contributed by atoms with Crippen LogP contribution < -0.4 is 9.62 Å². The van der Waals surface area contributed by atoms with Crippen molar-refractivity contribution < 1.29 is 18.0 Å². The fraction of sp³-hybridized carbons (Fsp3) is 0.462. The maximum absolute atomic E-state index is 13.5. The normalized spacial score (nSPS) is 13.1. The molecule has 0 fully saturated rings. The van der Waals surface area contributed by atoms with Crippen LogP contribution in [0, 0.1) is 13.8 Å². The third kappa shape index (κ3) is 7.58. The van der Waals surface area contributed by atoms with Gasteiger partial charge in [-0.25, -0.2) is 8.42 Å². The Balaban J connectivity index is 2.33. The number of carbonyl (C=O) groups excluding carboxylic acids is 2. The van der Waals surface area contributed by atoms with E-state index in [1.807, 2.05) is 64.1 Å². The zero-order valence-corrected chi connectivity index (χ0v) is 21.9. The number of anilines is 1. The summed E-state index contributed by atoms with van der Waals surface area (Å²) < 4.78 is 26.4. The van der Waals surface area contributed by atoms with Crippen molar-refractivity contribution >= 4 is 27.5 Å². The first-order valence-corrected chi connectivity index (χ1v) is 13.5. The number of nitrogens with zero attached hydrogens (tertiary/aromatic N) is 2. The fourth-order valence-corrected chi connectivity index (χ4v) is 4.37. The van der Waals surface area contributed by atoms with E-state index in [4.69, 9.17) is 0 Å². The lowest BCUT2D eigenvalue weighted by Gasteiger charge is -2.32. The van der Waals surface area contributed by atoms with E-state index in [-0.39, 0.29) is 18.5 Å². The highest BCUT2D eigenvalue weighted by atomic mass is 32.2. The van der Waals surface area contributed by atoms with E-state index in [0.717, 1.165) is 33.7 Å². The van der Waals surface area contributed by atoms with Gasteiger partial charge in [-0.15, -0.1) is 0 Å². The van der Waals surface area contributed by atoms with Gasteiger partial charge >= 0.3 is 0 Å². The summed E-state index contributed by atoms with van der Waals surface area (Å²) in [4.78, 5) is 27.8. The first-order valence-electron chi connectivity index (χ1n) is 11.6. The molecule has 2 rings (SSSR count). The number of rotatable bonds is 11. The van der Waals surface area contributed by atoms with Crippen LogP contribution >= 0.6 is 0 Å². The minimum absolute atomic E-state index is 0.0240. The van der Waals surface area contributed by atoms with E-state index in [1.165, 1.54) is 4.90 Å². The lowest BCUT2D eigenvalue weighted by atomic mass is 10.1. The summed E-state index contributed by atoms with van der Waals surface area (Å²) in [5.41, 5.74) is 3.42. The molecular formula is C26H37N3O4S. The second-order valence-electron chi connectivity index (χ2n) is 8.85. The molecular weight excluding hydrogens is 450 g/mol. The molecule has 0 aliphatic rings. The largest absolute Gasteiger partial charge is 0.352 e. The Morgan fingerprint density at radius 1 is 1.00 bits per heavy atom. The predicted octanol–water partition coefficient (Wildman–Crippen LogP) is 3.44. The van der Waals surface area contributed by atoms with Gasteiger partial charge in [0.15, 0.2) is 0 Å². The van der Waals surface area contributed by atoms with Gasteiger partial charge in [0.2, 0.25) is 21.8 Å². The Bertz CT molecular complexity index is 1090. The van der Waals surface area contributed by atoms with Crippen LogP contribution in [0.25, 0.3) is 0 Å². The van der Waals surface area contributed by atoms with Gasteiger partial charge in [0, 0.05) is 12.6 Å². The Hall–Kier alpha value is -2.87. The van der Waals surface area contributed by atoms with Crippen molar-refractivity contribution in [2.45, 2.75) is 59.5 Å². The maximum atomic E-state index is 13.5. The lowest BCUT2D eigenvalue weighted by Crippen LogP contribution is -2.53. The van der Waals surface area contributed by atoms with Crippen molar-refractivity contribution in [1.82, 2.24) is 10.2 Å². The molecule has 0 radical (unpaired) electrons. The summed E-state index contributed by atoms with van der Waals surface area (Å²) in [5, 5.41) is 2.93. The van der Waals surface area contributed by atoms with E-state index in [1.54, 1.807) is 19.1 Å². The summed E-state index contributed by atoms with van der Waals surface area (Å²) in [5.74, 6) is -0.681. The topological polar surface area (TPSA) is 86.8 Å². The average molecular weight is 488 g/mol. The van der Waals surface area contributed by atoms with Crippen LogP contribution in [-0.4, -0.2) is 56.6 Å². The zero-order chi connectivity index (χ0) is 25.5. The van der Waals surface area contributed by atoms with Gasteiger partial charge < -0.3 is 10.2 Å². The van der Waals surface area contributed by atoms with Gasteiger partial charge in [-0.1, -0.05) is 43.3 Å². The van der Waals surface area contributed by atoms with E-state index in [0.29, 0.717) is 18.7 Å². The molecule has 2 amide bonds. The van der Waals surface area contributed by atoms with Crippen LogP contribution in [0.15, 0.2) is 48.5 Å². The number of amides is 2. The highest BCUT2D eigenvalue weighted by Gasteiger charge is 2.30. The van der Waals surface area contributed by atoms with Crippen molar-refractivity contribution in [3.8, 4) is 0 Å². The van der Waals surface area contributed by atoms with Crippen LogP contribution in [0.2, 0.25) is 0 Å². The SMILES string of the molecule is CC[C@@H](C)NC(=O)[C@@H](C)N(CCc1ccccc1)C(=O)CN(c1ccc(C)c(C)c1)S(C)(=O)=O. The molecule has 0 aliphatic heterocycles. The Morgan fingerprint density at radius 3 is 2.21 bits per heavy atom. The molecule has 0 unspecified atom stereocenters. The van der Waals surface area contributed by atoms with E-state index in [9.17, 15) is 18.0 Å². The molecule has 8 heteroatoms. The smallest absolute Gasteiger partial charge is 0.244 e. The summed E-state index contributed by atoms with van der Waals surface area (Å²) >= 11 is 0. The average Bonchev–Trinajstić information content (AvgIpc) is 2.79. The second kappa shape index (κ2) is 12.0. The molecule has 0 aromatic heterocycles. The van der Waals surface area contributed by atoms with Crippen molar-refractivity contribution in [3.63, 3.8) is 0 Å². The van der Waals surface area contributed by atoms with Gasteiger partial charge in [-0.3, -0.25) is 13.9 Å². The summed E-state index contributed by atoms with van der Waals surface area (Å²) in [7, 11) is -3.73. The first-order chi connectivity index (χ1) is 15.9. The van der Waals surface area contributed by atoms with E-state index < -0.39 is 22.0 Å². The molecule has 0 spiro atoms. The molecule has 34 heavy (non-hydrogen) atoms. The molecule has 0 bridgehead atoms. The molecule has 0 aliphatic carbocycles. The summed E-state index contributed by atoms with van der Waals surface area (Å²) in [6.45, 7) is 9.32. The van der Waals surface area contributed by atoms with E-state index in [2.05, 4.69) is 5.32 Å². The third-order valence-electron chi connectivity index (χ3n) is 6.11. The molecule has 2 aromatic rings.